The normalized spacial score (nSPS) is 21.6. The van der Waals surface area contributed by atoms with Crippen molar-refractivity contribution in [2.45, 2.75) is 44.7 Å². The fraction of sp³-hybridized carbons (Fsp3) is 0.345. The summed E-state index contributed by atoms with van der Waals surface area (Å²) in [5.41, 5.74) is 2.55. The topological polar surface area (TPSA) is 119 Å². The number of hydrogen-bond donors (Lipinski definition) is 2. The van der Waals surface area contributed by atoms with E-state index in [1.54, 1.807) is 41.5 Å². The van der Waals surface area contributed by atoms with E-state index in [1.807, 2.05) is 0 Å². The number of carbonyl (C=O) groups excluding carboxylic acids is 1. The molecule has 0 bridgehead atoms. The molecule has 206 valence electrons. The summed E-state index contributed by atoms with van der Waals surface area (Å²) in [5.74, 6) is -0.695. The van der Waals surface area contributed by atoms with Gasteiger partial charge in [0, 0.05) is 46.4 Å². The molecule has 2 aromatic heterocycles. The molecule has 2 aromatic carbocycles. The highest BCUT2D eigenvalue weighted by atomic mass is 35.5. The lowest BCUT2D eigenvalue weighted by atomic mass is 9.49. The highest BCUT2D eigenvalue weighted by Crippen LogP contribution is 2.59. The zero-order valence-corrected chi connectivity index (χ0v) is 22.5. The van der Waals surface area contributed by atoms with Crippen molar-refractivity contribution >= 4 is 34.4 Å². The fourth-order valence-corrected chi connectivity index (χ4v) is 6.52. The third-order valence-corrected chi connectivity index (χ3v) is 8.21. The molecule has 2 aliphatic rings. The van der Waals surface area contributed by atoms with E-state index in [-0.39, 0.29) is 35.5 Å². The minimum Gasteiger partial charge on any atom is -0.494 e. The molecule has 2 fully saturated rings. The third-order valence-electron chi connectivity index (χ3n) is 7.99. The Kier molecular flexibility index (Phi) is 6.66. The maximum absolute atomic E-state index is 14.1. The van der Waals surface area contributed by atoms with Gasteiger partial charge in [-0.1, -0.05) is 11.6 Å². The van der Waals surface area contributed by atoms with Gasteiger partial charge in [-0.05, 0) is 67.3 Å². The molecule has 6 rings (SSSR count). The molecule has 0 atom stereocenters. The number of aromatic nitrogens is 4. The SMILES string of the molecule is COc1ccc(-c2ncc(Cn3ncc4cc(Cl)cc(C(=O)NC5CC6(CC(CC(=O)O)C6)C5)c43)cn2)cc1F. The fourth-order valence-electron chi connectivity index (χ4n) is 6.29. The highest BCUT2D eigenvalue weighted by molar-refractivity contribution is 6.32. The lowest BCUT2D eigenvalue weighted by molar-refractivity contribution is -0.142. The van der Waals surface area contributed by atoms with Gasteiger partial charge in [0.15, 0.2) is 17.4 Å². The summed E-state index contributed by atoms with van der Waals surface area (Å²) in [7, 11) is 1.41. The summed E-state index contributed by atoms with van der Waals surface area (Å²) in [6.07, 6.45) is 8.73. The van der Waals surface area contributed by atoms with Crippen LogP contribution in [0.15, 0.2) is 48.9 Å². The molecule has 40 heavy (non-hydrogen) atoms. The molecule has 0 saturated heterocycles. The van der Waals surface area contributed by atoms with E-state index in [1.165, 1.54) is 19.2 Å². The van der Waals surface area contributed by atoms with Gasteiger partial charge in [-0.25, -0.2) is 14.4 Å². The Morgan fingerprint density at radius 1 is 1.15 bits per heavy atom. The van der Waals surface area contributed by atoms with Crippen LogP contribution in [0.25, 0.3) is 22.3 Å². The van der Waals surface area contributed by atoms with Crippen molar-refractivity contribution < 1.29 is 23.8 Å². The Bertz CT molecular complexity index is 1610. The van der Waals surface area contributed by atoms with E-state index in [9.17, 15) is 14.0 Å². The number of rotatable bonds is 8. The quantitative estimate of drug-likeness (QED) is 0.306. The van der Waals surface area contributed by atoms with E-state index < -0.39 is 11.8 Å². The Labute approximate surface area is 234 Å². The number of hydrogen-bond acceptors (Lipinski definition) is 6. The number of aliphatic carboxylic acids is 1. The second-order valence-corrected chi connectivity index (χ2v) is 11.3. The largest absolute Gasteiger partial charge is 0.494 e. The lowest BCUT2D eigenvalue weighted by Crippen LogP contribution is -2.56. The number of amides is 1. The van der Waals surface area contributed by atoms with Crippen LogP contribution in [0.2, 0.25) is 5.02 Å². The number of nitrogens with zero attached hydrogens (tertiary/aromatic N) is 4. The Balaban J connectivity index is 1.16. The van der Waals surface area contributed by atoms with Gasteiger partial charge in [0.25, 0.3) is 5.91 Å². The van der Waals surface area contributed by atoms with Crippen LogP contribution in [0, 0.1) is 17.2 Å². The molecule has 2 N–H and O–H groups in total. The number of carboxylic acid groups (broad SMARTS) is 1. The second kappa shape index (κ2) is 10.2. The summed E-state index contributed by atoms with van der Waals surface area (Å²) < 4.78 is 20.8. The molecule has 0 aliphatic heterocycles. The first-order valence-electron chi connectivity index (χ1n) is 13.0. The molecule has 2 heterocycles. The van der Waals surface area contributed by atoms with Crippen LogP contribution in [-0.4, -0.2) is 49.9 Å². The van der Waals surface area contributed by atoms with Crippen LogP contribution in [0.5, 0.6) is 5.75 Å². The van der Waals surface area contributed by atoms with E-state index in [0.717, 1.165) is 36.6 Å². The van der Waals surface area contributed by atoms with E-state index in [4.69, 9.17) is 21.4 Å². The second-order valence-electron chi connectivity index (χ2n) is 10.9. The van der Waals surface area contributed by atoms with Crippen LogP contribution < -0.4 is 10.1 Å². The summed E-state index contributed by atoms with van der Waals surface area (Å²) in [6.45, 7) is 0.320. The summed E-state index contributed by atoms with van der Waals surface area (Å²) >= 11 is 6.34. The molecule has 4 aromatic rings. The van der Waals surface area contributed by atoms with Gasteiger partial charge in [0.05, 0.1) is 30.9 Å². The van der Waals surface area contributed by atoms with Crippen molar-refractivity contribution in [1.82, 2.24) is 25.1 Å². The molecule has 1 amide bonds. The zero-order valence-electron chi connectivity index (χ0n) is 21.7. The Morgan fingerprint density at radius 3 is 2.58 bits per heavy atom. The minimum atomic E-state index is -0.749. The van der Waals surface area contributed by atoms with Crippen LogP contribution in [0.4, 0.5) is 4.39 Å². The van der Waals surface area contributed by atoms with Crippen molar-refractivity contribution in [1.29, 1.82) is 0 Å². The molecule has 11 heteroatoms. The minimum absolute atomic E-state index is 0.0485. The third kappa shape index (κ3) is 4.99. The van der Waals surface area contributed by atoms with Gasteiger partial charge < -0.3 is 15.2 Å². The molecule has 0 unspecified atom stereocenters. The summed E-state index contributed by atoms with van der Waals surface area (Å²) in [6, 6.07) is 8.01. The molecular formula is C29H27ClFN5O4. The van der Waals surface area contributed by atoms with Crippen LogP contribution in [0.3, 0.4) is 0 Å². The number of halogens is 2. The monoisotopic (exact) mass is 563 g/mol. The molecule has 2 aliphatic carbocycles. The van der Waals surface area contributed by atoms with Crippen molar-refractivity contribution in [3.8, 4) is 17.1 Å². The maximum Gasteiger partial charge on any atom is 0.303 e. The number of methoxy groups -OCH3 is 1. The highest BCUT2D eigenvalue weighted by Gasteiger charge is 2.53. The average Bonchev–Trinajstić information content (AvgIpc) is 3.27. The van der Waals surface area contributed by atoms with Crippen molar-refractivity contribution in [2.24, 2.45) is 11.3 Å². The van der Waals surface area contributed by atoms with Crippen molar-refractivity contribution in [3.05, 3.63) is 70.9 Å². The summed E-state index contributed by atoms with van der Waals surface area (Å²) in [4.78, 5) is 33.1. The zero-order chi connectivity index (χ0) is 28.0. The van der Waals surface area contributed by atoms with Gasteiger partial charge in [-0.2, -0.15) is 5.10 Å². The van der Waals surface area contributed by atoms with Gasteiger partial charge in [0.2, 0.25) is 0 Å². The first-order chi connectivity index (χ1) is 19.2. The number of benzene rings is 2. The van der Waals surface area contributed by atoms with Crippen LogP contribution >= 0.6 is 11.6 Å². The van der Waals surface area contributed by atoms with Crippen molar-refractivity contribution in [3.63, 3.8) is 0 Å². The smallest absolute Gasteiger partial charge is 0.303 e. The van der Waals surface area contributed by atoms with Gasteiger partial charge in [-0.15, -0.1) is 0 Å². The first kappa shape index (κ1) is 26.2. The van der Waals surface area contributed by atoms with Gasteiger partial charge in [-0.3, -0.25) is 14.3 Å². The maximum atomic E-state index is 14.1. The van der Waals surface area contributed by atoms with Gasteiger partial charge in [0.1, 0.15) is 0 Å². The number of nitrogens with one attached hydrogen (secondary N) is 1. The van der Waals surface area contributed by atoms with Gasteiger partial charge >= 0.3 is 5.97 Å². The molecule has 1 spiro atoms. The predicted molar refractivity (Wildman–Crippen MR) is 146 cm³/mol. The Hall–Kier alpha value is -4.05. The average molecular weight is 564 g/mol. The van der Waals surface area contributed by atoms with E-state index in [0.29, 0.717) is 34.0 Å². The molecule has 9 nitrogen and oxygen atoms in total. The Morgan fingerprint density at radius 2 is 1.90 bits per heavy atom. The standard InChI is InChI=1S/C29H27ClFN5O4/c1-40-24-3-2-18(6-23(24)31)27-32-12-17(13-33-27)15-36-26-19(14-34-36)5-20(30)7-22(26)28(39)35-21-10-29(11-21)8-16(9-29)4-25(37)38/h2-3,5-7,12-14,16,21H,4,8-11,15H2,1H3,(H,35,39)(H,37,38). The number of carboxylic acids is 1. The predicted octanol–water partition coefficient (Wildman–Crippen LogP) is 5.11. The van der Waals surface area contributed by atoms with Crippen molar-refractivity contribution in [2.75, 3.05) is 7.11 Å². The number of fused-ring (bicyclic) bond motifs is 1. The number of carbonyl (C=O) groups is 2. The molecular weight excluding hydrogens is 537 g/mol. The lowest BCUT2D eigenvalue weighted by Gasteiger charge is -2.57. The summed E-state index contributed by atoms with van der Waals surface area (Å²) in [5, 5.41) is 17.8. The van der Waals surface area contributed by atoms with Crippen LogP contribution in [0.1, 0.15) is 48.0 Å². The van der Waals surface area contributed by atoms with E-state index in [2.05, 4.69) is 20.4 Å². The first-order valence-corrected chi connectivity index (χ1v) is 13.4. The number of ether oxygens (including phenoxy) is 1. The molecule has 0 radical (unpaired) electrons. The van der Waals surface area contributed by atoms with E-state index >= 15 is 0 Å². The van der Waals surface area contributed by atoms with Crippen LogP contribution in [-0.2, 0) is 11.3 Å². The molecule has 2 saturated carbocycles.